The Kier molecular flexibility index (Phi) is 6.09. The van der Waals surface area contributed by atoms with Crippen molar-refractivity contribution in [1.29, 1.82) is 0 Å². The fourth-order valence-electron chi connectivity index (χ4n) is 0.580. The Balaban J connectivity index is 0.000000810. The van der Waals surface area contributed by atoms with E-state index in [4.69, 9.17) is 0 Å². The van der Waals surface area contributed by atoms with Crippen LogP contribution in [0.4, 0.5) is 0 Å². The molecule has 0 amide bonds. The van der Waals surface area contributed by atoms with Crippen LogP contribution in [-0.4, -0.2) is 0 Å². The summed E-state index contributed by atoms with van der Waals surface area (Å²) in [7, 11) is 0. The van der Waals surface area contributed by atoms with Crippen molar-refractivity contribution in [3.63, 3.8) is 0 Å². The van der Waals surface area contributed by atoms with Crippen LogP contribution < -0.4 is 56.5 Å². The Morgan fingerprint density at radius 1 is 1.10 bits per heavy atom. The maximum absolute atomic E-state index is 9.74. The minimum Gasteiger partial charge on any atom is -0.833 e. The van der Waals surface area contributed by atoms with Gasteiger partial charge in [-0.1, -0.05) is 24.1 Å². The molecule has 10 heavy (non-hydrogen) atoms. The Morgan fingerprint density at radius 2 is 1.70 bits per heavy atom. The Bertz CT molecular complexity index is 232. The van der Waals surface area contributed by atoms with E-state index in [0.717, 1.165) is 5.56 Å². The monoisotopic (exact) mass is 156 g/mol. The van der Waals surface area contributed by atoms with Crippen LogP contribution in [0.15, 0.2) is 30.3 Å². The molecular formula is C8H5KO. The molecule has 0 heterocycles. The molecule has 2 heteroatoms. The molecule has 0 atom stereocenters. The fraction of sp³-hybridized carbons (Fsp3) is 0. The first-order valence-corrected chi connectivity index (χ1v) is 2.61. The first-order chi connectivity index (χ1) is 4.43. The minimum absolute atomic E-state index is 0. The Labute approximate surface area is 103 Å². The topological polar surface area (TPSA) is 23.1 Å². The van der Waals surface area contributed by atoms with E-state index >= 15 is 0 Å². The third-order valence-electron chi connectivity index (χ3n) is 0.969. The summed E-state index contributed by atoms with van der Waals surface area (Å²) in [5, 5.41) is 9.74. The molecular weight excluding hydrogens is 151 g/mol. The molecule has 0 saturated heterocycles. The van der Waals surface area contributed by atoms with Crippen LogP contribution >= 0.6 is 0 Å². The van der Waals surface area contributed by atoms with Crippen LogP contribution in [0.1, 0.15) is 5.56 Å². The average molecular weight is 156 g/mol. The second-order valence-electron chi connectivity index (χ2n) is 1.59. The second-order valence-corrected chi connectivity index (χ2v) is 1.59. The first-order valence-electron chi connectivity index (χ1n) is 2.61. The number of rotatable bonds is 0. The average Bonchev–Trinajstić information content (AvgIpc) is 1.91. The van der Waals surface area contributed by atoms with Crippen molar-refractivity contribution in [3.8, 4) is 12.0 Å². The van der Waals surface area contributed by atoms with E-state index in [0.29, 0.717) is 0 Å². The van der Waals surface area contributed by atoms with Crippen LogP contribution in [0, 0.1) is 12.0 Å². The SMILES string of the molecule is [K+].[O-]C#Cc1ccccc1. The summed E-state index contributed by atoms with van der Waals surface area (Å²) >= 11 is 0. The van der Waals surface area contributed by atoms with Gasteiger partial charge in [-0.3, -0.25) is 0 Å². The number of benzene rings is 1. The van der Waals surface area contributed by atoms with Crippen molar-refractivity contribution in [2.45, 2.75) is 0 Å². The minimum atomic E-state index is 0. The predicted molar refractivity (Wildman–Crippen MR) is 33.3 cm³/mol. The van der Waals surface area contributed by atoms with Crippen LogP contribution in [0.3, 0.4) is 0 Å². The van der Waals surface area contributed by atoms with Gasteiger partial charge in [-0.05, 0) is 12.1 Å². The smallest absolute Gasteiger partial charge is 0.833 e. The largest absolute Gasteiger partial charge is 1.00 e. The number of hydrogen-bond acceptors (Lipinski definition) is 1. The molecule has 0 fully saturated rings. The van der Waals surface area contributed by atoms with Crippen LogP contribution in [-0.2, 0) is 0 Å². The molecule has 1 aromatic carbocycles. The van der Waals surface area contributed by atoms with Gasteiger partial charge < -0.3 is 5.11 Å². The molecule has 1 aromatic rings. The molecule has 0 aliphatic rings. The van der Waals surface area contributed by atoms with E-state index < -0.39 is 0 Å². The van der Waals surface area contributed by atoms with Gasteiger partial charge in [0.2, 0.25) is 0 Å². The van der Waals surface area contributed by atoms with E-state index in [-0.39, 0.29) is 51.4 Å². The van der Waals surface area contributed by atoms with Gasteiger partial charge in [0.25, 0.3) is 0 Å². The Hall–Kier alpha value is 0.216. The number of hydrogen-bond donors (Lipinski definition) is 0. The van der Waals surface area contributed by atoms with Crippen LogP contribution in [0.25, 0.3) is 0 Å². The maximum Gasteiger partial charge on any atom is 1.00 e. The zero-order valence-corrected chi connectivity index (χ0v) is 8.92. The molecule has 0 saturated carbocycles. The summed E-state index contributed by atoms with van der Waals surface area (Å²) in [5.74, 6) is 2.40. The summed E-state index contributed by atoms with van der Waals surface area (Å²) in [6.07, 6.45) is 1.58. The zero-order valence-electron chi connectivity index (χ0n) is 5.79. The van der Waals surface area contributed by atoms with Crippen molar-refractivity contribution < 1.29 is 56.5 Å². The molecule has 0 N–H and O–H groups in total. The van der Waals surface area contributed by atoms with Gasteiger partial charge in [0.05, 0.1) is 0 Å². The van der Waals surface area contributed by atoms with E-state index in [1.165, 1.54) is 0 Å². The van der Waals surface area contributed by atoms with E-state index in [1.54, 1.807) is 18.2 Å². The molecule has 0 aliphatic carbocycles. The molecule has 0 bridgehead atoms. The molecule has 0 unspecified atom stereocenters. The summed E-state index contributed by atoms with van der Waals surface area (Å²) in [6, 6.07) is 9.17. The molecule has 1 rings (SSSR count). The van der Waals surface area contributed by atoms with Crippen LogP contribution in [0.2, 0.25) is 0 Å². The molecule has 1 nitrogen and oxygen atoms in total. The van der Waals surface area contributed by atoms with Gasteiger partial charge >= 0.3 is 51.4 Å². The summed E-state index contributed by atoms with van der Waals surface area (Å²) < 4.78 is 0. The molecule has 0 aliphatic heterocycles. The van der Waals surface area contributed by atoms with Gasteiger partial charge in [0.1, 0.15) is 0 Å². The van der Waals surface area contributed by atoms with Crippen molar-refractivity contribution in [2.75, 3.05) is 0 Å². The van der Waals surface area contributed by atoms with E-state index in [2.05, 4.69) is 5.92 Å². The van der Waals surface area contributed by atoms with Crippen molar-refractivity contribution in [3.05, 3.63) is 35.9 Å². The molecule has 0 aromatic heterocycles. The van der Waals surface area contributed by atoms with Crippen LogP contribution in [0.5, 0.6) is 0 Å². The summed E-state index contributed by atoms with van der Waals surface area (Å²) in [6.45, 7) is 0. The third kappa shape index (κ3) is 3.40. The van der Waals surface area contributed by atoms with Crippen molar-refractivity contribution >= 4 is 0 Å². The fourth-order valence-corrected chi connectivity index (χ4v) is 0.580. The third-order valence-corrected chi connectivity index (χ3v) is 0.969. The quantitative estimate of drug-likeness (QED) is 0.297. The van der Waals surface area contributed by atoms with Gasteiger partial charge in [-0.15, -0.1) is 0 Å². The molecule has 0 spiro atoms. The van der Waals surface area contributed by atoms with Gasteiger partial charge in [0, 0.05) is 5.56 Å². The van der Waals surface area contributed by atoms with Crippen molar-refractivity contribution in [2.24, 2.45) is 0 Å². The van der Waals surface area contributed by atoms with Gasteiger partial charge in [-0.25, -0.2) is 0 Å². The summed E-state index contributed by atoms with van der Waals surface area (Å²) in [5.41, 5.74) is 0.771. The maximum atomic E-state index is 9.74. The predicted octanol–water partition coefficient (Wildman–Crippen LogP) is -2.64. The molecule has 0 radical (unpaired) electrons. The normalized spacial score (nSPS) is 6.80. The van der Waals surface area contributed by atoms with E-state index in [9.17, 15) is 5.11 Å². The van der Waals surface area contributed by atoms with Crippen molar-refractivity contribution in [1.82, 2.24) is 0 Å². The van der Waals surface area contributed by atoms with Gasteiger partial charge in [0.15, 0.2) is 0 Å². The second kappa shape index (κ2) is 5.96. The Morgan fingerprint density at radius 3 is 2.20 bits per heavy atom. The molecule has 44 valence electrons. The first kappa shape index (κ1) is 10.2. The van der Waals surface area contributed by atoms with Gasteiger partial charge in [-0.2, -0.15) is 6.11 Å². The standard InChI is InChI=1S/C8H6O.K/c9-7-6-8-4-2-1-3-5-8;/h1-5,9H;/q;+1/p-1. The zero-order chi connectivity index (χ0) is 6.53. The summed E-state index contributed by atoms with van der Waals surface area (Å²) in [4.78, 5) is 0. The van der Waals surface area contributed by atoms with E-state index in [1.807, 2.05) is 18.2 Å².